The summed E-state index contributed by atoms with van der Waals surface area (Å²) < 4.78 is 7.27. The molecular weight excluding hydrogens is 410 g/mol. The Balaban J connectivity index is 1.58. The van der Waals surface area contributed by atoms with Gasteiger partial charge >= 0.3 is 11.9 Å². The van der Waals surface area contributed by atoms with Gasteiger partial charge in [-0.2, -0.15) is 5.10 Å². The van der Waals surface area contributed by atoms with Crippen LogP contribution in [0.3, 0.4) is 0 Å². The quantitative estimate of drug-likeness (QED) is 0.458. The molecule has 32 heavy (non-hydrogen) atoms. The highest BCUT2D eigenvalue weighted by atomic mass is 16.6. The van der Waals surface area contributed by atoms with Crippen molar-refractivity contribution in [2.45, 2.75) is 25.6 Å². The number of fused-ring (bicyclic) bond motifs is 2. The first-order chi connectivity index (χ1) is 15.4. The summed E-state index contributed by atoms with van der Waals surface area (Å²) in [6, 6.07) is 8.16. The molecule has 1 saturated heterocycles. The van der Waals surface area contributed by atoms with E-state index in [-0.39, 0.29) is 0 Å². The van der Waals surface area contributed by atoms with E-state index in [1.807, 2.05) is 42.4 Å². The molecule has 1 fully saturated rings. The van der Waals surface area contributed by atoms with Gasteiger partial charge in [-0.05, 0) is 31.2 Å². The largest absolute Gasteiger partial charge is 0.434 e. The number of benzene rings is 1. The van der Waals surface area contributed by atoms with Crippen molar-refractivity contribution >= 4 is 40.0 Å². The summed E-state index contributed by atoms with van der Waals surface area (Å²) in [6.07, 6.45) is 3.37. The Labute approximate surface area is 184 Å². The molecule has 1 aromatic carbocycles. The second-order valence-corrected chi connectivity index (χ2v) is 8.28. The number of aryl methyl sites for hydroxylation is 1. The number of amides is 1. The number of hydrogen-bond donors (Lipinski definition) is 2. The number of carbonyl (C=O) groups is 2. The van der Waals surface area contributed by atoms with Crippen LogP contribution in [0.25, 0.3) is 10.9 Å². The van der Waals surface area contributed by atoms with E-state index >= 15 is 0 Å². The third-order valence-electron chi connectivity index (χ3n) is 5.94. The number of aromatic nitrogens is 3. The molecule has 2 atom stereocenters. The first-order valence-corrected chi connectivity index (χ1v) is 10.6. The summed E-state index contributed by atoms with van der Waals surface area (Å²) in [5.74, 6) is -1.47. The molecule has 0 radical (unpaired) electrons. The molecular formula is C22H25N7O3. The lowest BCUT2D eigenvalue weighted by atomic mass is 10.1. The van der Waals surface area contributed by atoms with Crippen LogP contribution in [-0.2, 0) is 27.8 Å². The van der Waals surface area contributed by atoms with Crippen LogP contribution < -0.4 is 20.9 Å². The maximum Gasteiger partial charge on any atom is 0.398 e. The first kappa shape index (κ1) is 20.3. The number of carbonyl (C=O) groups excluding carboxylic acids is 2. The summed E-state index contributed by atoms with van der Waals surface area (Å²) in [5, 5.41) is 8.83. The molecule has 0 aliphatic carbocycles. The van der Waals surface area contributed by atoms with Crippen molar-refractivity contribution in [2.24, 2.45) is 12.8 Å². The molecule has 3 N–H and O–H groups in total. The van der Waals surface area contributed by atoms with E-state index in [0.29, 0.717) is 18.3 Å². The molecule has 0 saturated carbocycles. The highest BCUT2D eigenvalue weighted by molar-refractivity contribution is 6.31. The van der Waals surface area contributed by atoms with Crippen molar-refractivity contribution in [3.05, 3.63) is 42.2 Å². The van der Waals surface area contributed by atoms with Crippen molar-refractivity contribution in [2.75, 3.05) is 29.4 Å². The normalized spacial score (nSPS) is 20.4. The van der Waals surface area contributed by atoms with Gasteiger partial charge < -0.3 is 20.7 Å². The Hall–Kier alpha value is -3.66. The summed E-state index contributed by atoms with van der Waals surface area (Å²) in [4.78, 5) is 32.3. The summed E-state index contributed by atoms with van der Waals surface area (Å²) in [7, 11) is 1.87. The number of piperazine rings is 1. The van der Waals surface area contributed by atoms with Crippen molar-refractivity contribution in [3.8, 4) is 0 Å². The molecule has 0 bridgehead atoms. The number of ether oxygens (including phenoxy) is 1. The average molecular weight is 435 g/mol. The van der Waals surface area contributed by atoms with Crippen LogP contribution in [-0.4, -0.2) is 58.5 Å². The van der Waals surface area contributed by atoms with E-state index in [2.05, 4.69) is 27.2 Å². The van der Waals surface area contributed by atoms with Crippen LogP contribution in [0.5, 0.6) is 0 Å². The highest BCUT2D eigenvalue weighted by Gasteiger charge is 2.38. The number of rotatable bonds is 3. The fourth-order valence-electron chi connectivity index (χ4n) is 4.58. The Bertz CT molecular complexity index is 1210. The van der Waals surface area contributed by atoms with Gasteiger partial charge in [-0.1, -0.05) is 0 Å². The number of nitrogens with two attached hydrogens (primary N) is 1. The number of nitrogens with one attached hydrogen (secondary N) is 1. The Morgan fingerprint density at radius 3 is 2.91 bits per heavy atom. The average Bonchev–Trinajstić information content (AvgIpc) is 3.31. The van der Waals surface area contributed by atoms with Crippen molar-refractivity contribution < 1.29 is 14.3 Å². The maximum absolute atomic E-state index is 12.1. The van der Waals surface area contributed by atoms with Gasteiger partial charge in [0.2, 0.25) is 0 Å². The summed E-state index contributed by atoms with van der Waals surface area (Å²) >= 11 is 0. The number of nitrogens with zero attached hydrogens (tertiary/aromatic N) is 5. The lowest BCUT2D eigenvalue weighted by molar-refractivity contribution is -0.157. The highest BCUT2D eigenvalue weighted by Crippen LogP contribution is 2.42. The van der Waals surface area contributed by atoms with Gasteiger partial charge in [0.25, 0.3) is 0 Å². The van der Waals surface area contributed by atoms with Gasteiger partial charge in [0.1, 0.15) is 5.82 Å². The van der Waals surface area contributed by atoms with Crippen LogP contribution >= 0.6 is 0 Å². The lowest BCUT2D eigenvalue weighted by Gasteiger charge is -2.34. The fourth-order valence-corrected chi connectivity index (χ4v) is 4.58. The van der Waals surface area contributed by atoms with Crippen molar-refractivity contribution in [1.29, 1.82) is 0 Å². The molecule has 2 aliphatic rings. The van der Waals surface area contributed by atoms with Crippen LogP contribution in [0, 0.1) is 0 Å². The molecule has 2 aliphatic heterocycles. The smallest absolute Gasteiger partial charge is 0.398 e. The molecule has 2 aromatic heterocycles. The zero-order valence-corrected chi connectivity index (χ0v) is 18.0. The number of hydrogen-bond acceptors (Lipinski definition) is 8. The molecule has 5 rings (SSSR count). The van der Waals surface area contributed by atoms with E-state index in [0.717, 1.165) is 47.5 Å². The Kier molecular flexibility index (Phi) is 4.93. The lowest BCUT2D eigenvalue weighted by Crippen LogP contribution is -2.49. The first-order valence-electron chi connectivity index (χ1n) is 10.6. The number of primary amides is 1. The summed E-state index contributed by atoms with van der Waals surface area (Å²) in [5.41, 5.74) is 8.87. The van der Waals surface area contributed by atoms with Gasteiger partial charge in [-0.25, -0.2) is 9.78 Å². The Morgan fingerprint density at radius 1 is 1.28 bits per heavy atom. The van der Waals surface area contributed by atoms with Gasteiger partial charge in [0.15, 0.2) is 6.23 Å². The molecule has 1 unspecified atom stereocenters. The molecule has 166 valence electrons. The van der Waals surface area contributed by atoms with Crippen LogP contribution in [0.15, 0.2) is 36.7 Å². The number of pyridine rings is 1. The molecule has 0 spiro atoms. The van der Waals surface area contributed by atoms with Gasteiger partial charge in [-0.3, -0.25) is 14.4 Å². The minimum atomic E-state index is -1.12. The van der Waals surface area contributed by atoms with E-state index < -0.39 is 18.1 Å². The van der Waals surface area contributed by atoms with Crippen LogP contribution in [0.4, 0.5) is 17.2 Å². The predicted molar refractivity (Wildman–Crippen MR) is 120 cm³/mol. The molecule has 1 amide bonds. The maximum atomic E-state index is 12.1. The van der Waals surface area contributed by atoms with Gasteiger partial charge in [0, 0.05) is 73.9 Å². The fraction of sp³-hybridized carbons (Fsp3) is 0.364. The zero-order valence-electron chi connectivity index (χ0n) is 18.0. The SMILES string of the molecule is C[C@H]1CN(c2ccnc3c2CC(OC(=O)C(N)=O)N3c2ccc3nn(C)cc3c2)CCN1. The predicted octanol–water partition coefficient (Wildman–Crippen LogP) is 0.815. The van der Waals surface area contributed by atoms with E-state index in [9.17, 15) is 9.59 Å². The minimum Gasteiger partial charge on any atom is -0.434 e. The number of esters is 1. The monoisotopic (exact) mass is 435 g/mol. The molecule has 10 nitrogen and oxygen atoms in total. The minimum absolute atomic E-state index is 0.363. The molecule has 4 heterocycles. The van der Waals surface area contributed by atoms with E-state index in [4.69, 9.17) is 10.5 Å². The van der Waals surface area contributed by atoms with Crippen LogP contribution in [0.1, 0.15) is 12.5 Å². The summed E-state index contributed by atoms with van der Waals surface area (Å²) in [6.45, 7) is 4.78. The number of anilines is 3. The van der Waals surface area contributed by atoms with Gasteiger partial charge in [-0.15, -0.1) is 0 Å². The second-order valence-electron chi connectivity index (χ2n) is 8.28. The van der Waals surface area contributed by atoms with Crippen molar-refractivity contribution in [3.63, 3.8) is 0 Å². The van der Waals surface area contributed by atoms with Crippen LogP contribution in [0.2, 0.25) is 0 Å². The van der Waals surface area contributed by atoms with E-state index in [1.165, 1.54) is 0 Å². The second kappa shape index (κ2) is 7.79. The molecule has 3 aromatic rings. The third-order valence-corrected chi connectivity index (χ3v) is 5.94. The van der Waals surface area contributed by atoms with E-state index in [1.54, 1.807) is 10.9 Å². The molecule has 10 heteroatoms. The topological polar surface area (TPSA) is 119 Å². The van der Waals surface area contributed by atoms with Crippen molar-refractivity contribution in [1.82, 2.24) is 20.1 Å². The third kappa shape index (κ3) is 3.52. The Morgan fingerprint density at radius 2 is 2.12 bits per heavy atom. The zero-order chi connectivity index (χ0) is 22.4. The standard InChI is InChI=1S/C22H25N7O3/c1-13-11-28(8-7-24-13)18-5-6-25-21-16(18)10-19(32-22(31)20(23)30)29(21)15-3-4-17-14(9-15)12-27(2)26-17/h3-6,9,12-13,19,24H,7-8,10-11H2,1-2H3,(H2,23,30)/t13-,19?/m0/s1. The van der Waals surface area contributed by atoms with Gasteiger partial charge in [0.05, 0.1) is 5.52 Å².